The molecule has 0 radical (unpaired) electrons. The van der Waals surface area contributed by atoms with Gasteiger partial charge in [-0.3, -0.25) is 14.6 Å². The Hall–Kier alpha value is -4.85. The van der Waals surface area contributed by atoms with E-state index in [1.54, 1.807) is 42.6 Å². The van der Waals surface area contributed by atoms with Crippen molar-refractivity contribution in [2.75, 3.05) is 21.3 Å². The number of hydrogen-bond donors (Lipinski definition) is 1. The number of aliphatic hydroxyl groups is 1. The van der Waals surface area contributed by atoms with Crippen LogP contribution in [0.5, 0.6) is 17.2 Å². The van der Waals surface area contributed by atoms with Gasteiger partial charge in [0.05, 0.1) is 45.2 Å². The van der Waals surface area contributed by atoms with Crippen molar-refractivity contribution in [2.24, 2.45) is 0 Å². The molecule has 1 amide bonds. The molecule has 3 aromatic carbocycles. The molecule has 1 fully saturated rings. The van der Waals surface area contributed by atoms with Crippen LogP contribution in [0.15, 0.2) is 84.6 Å². The van der Waals surface area contributed by atoms with Crippen molar-refractivity contribution >= 4 is 28.2 Å². The van der Waals surface area contributed by atoms with E-state index in [9.17, 15) is 14.7 Å². The number of Topliss-reactive ketones (excluding diaryl/α,β-unsaturated/α-hetero) is 1. The fourth-order valence-electron chi connectivity index (χ4n) is 4.81. The van der Waals surface area contributed by atoms with Crippen molar-refractivity contribution in [1.29, 1.82) is 0 Å². The number of carbonyl (C=O) groups is 2. The second-order valence-electron chi connectivity index (χ2n) is 8.77. The highest BCUT2D eigenvalue weighted by Gasteiger charge is 2.46. The van der Waals surface area contributed by atoms with Crippen molar-refractivity contribution in [3.63, 3.8) is 0 Å². The molecule has 1 aliphatic heterocycles. The zero-order valence-corrected chi connectivity index (χ0v) is 21.2. The molecule has 1 atom stereocenters. The van der Waals surface area contributed by atoms with E-state index < -0.39 is 17.7 Å². The largest absolute Gasteiger partial charge is 0.507 e. The molecule has 5 rings (SSSR count). The predicted molar refractivity (Wildman–Crippen MR) is 142 cm³/mol. The van der Waals surface area contributed by atoms with E-state index >= 15 is 0 Å². The highest BCUT2D eigenvalue weighted by Crippen LogP contribution is 2.46. The van der Waals surface area contributed by atoms with Crippen molar-refractivity contribution < 1.29 is 28.9 Å². The lowest BCUT2D eigenvalue weighted by molar-refractivity contribution is -0.140. The number of methoxy groups -OCH3 is 3. The monoisotopic (exact) mass is 510 g/mol. The van der Waals surface area contributed by atoms with Gasteiger partial charge in [0, 0.05) is 11.8 Å². The van der Waals surface area contributed by atoms with Crippen molar-refractivity contribution in [3.05, 3.63) is 101 Å². The number of hydrogen-bond acceptors (Lipinski definition) is 7. The number of benzene rings is 3. The standard InChI is InChI=1S/C30H26N2O6/c1-36-23-15-21(16-24(37-2)29(23)38-3)26-25(27(33)20-12-11-18-8-4-5-9-19(18)14-20)28(34)30(35)32(26)17-22-10-6-7-13-31-22/h4-16,26,33H,17H2,1-3H3/b27-25+. The number of amides is 1. The summed E-state index contributed by atoms with van der Waals surface area (Å²) >= 11 is 0. The van der Waals surface area contributed by atoms with Crippen LogP contribution in [0.1, 0.15) is 22.9 Å². The molecule has 192 valence electrons. The van der Waals surface area contributed by atoms with E-state index in [-0.39, 0.29) is 17.9 Å². The average Bonchev–Trinajstić information content (AvgIpc) is 3.21. The van der Waals surface area contributed by atoms with E-state index in [0.29, 0.717) is 34.1 Å². The Kier molecular flexibility index (Phi) is 6.70. The molecule has 0 saturated carbocycles. The molecular weight excluding hydrogens is 484 g/mol. The molecule has 0 spiro atoms. The van der Waals surface area contributed by atoms with Gasteiger partial charge in [-0.15, -0.1) is 0 Å². The smallest absolute Gasteiger partial charge is 0.296 e. The summed E-state index contributed by atoms with van der Waals surface area (Å²) in [6.07, 6.45) is 1.62. The molecule has 4 aromatic rings. The van der Waals surface area contributed by atoms with Gasteiger partial charge in [-0.25, -0.2) is 0 Å². The molecule has 1 aromatic heterocycles. The minimum atomic E-state index is -0.933. The Morgan fingerprint density at radius 3 is 2.18 bits per heavy atom. The molecule has 0 aliphatic carbocycles. The van der Waals surface area contributed by atoms with Gasteiger partial charge in [0.15, 0.2) is 11.5 Å². The van der Waals surface area contributed by atoms with Crippen LogP contribution in [0.3, 0.4) is 0 Å². The first kappa shape index (κ1) is 24.8. The fraction of sp³-hybridized carbons (Fsp3) is 0.167. The average molecular weight is 511 g/mol. The van der Waals surface area contributed by atoms with Gasteiger partial charge >= 0.3 is 0 Å². The number of carbonyl (C=O) groups excluding carboxylic acids is 2. The zero-order chi connectivity index (χ0) is 26.8. The highest BCUT2D eigenvalue weighted by atomic mass is 16.5. The molecular formula is C30H26N2O6. The molecule has 1 N–H and O–H groups in total. The number of rotatable bonds is 7. The molecule has 38 heavy (non-hydrogen) atoms. The Morgan fingerprint density at radius 2 is 1.55 bits per heavy atom. The summed E-state index contributed by atoms with van der Waals surface area (Å²) in [5.74, 6) is -0.708. The van der Waals surface area contributed by atoms with Gasteiger partial charge in [-0.2, -0.15) is 0 Å². The summed E-state index contributed by atoms with van der Waals surface area (Å²) in [6, 6.07) is 20.9. The summed E-state index contributed by atoms with van der Waals surface area (Å²) in [7, 11) is 4.47. The Morgan fingerprint density at radius 1 is 0.868 bits per heavy atom. The number of aromatic nitrogens is 1. The maximum absolute atomic E-state index is 13.5. The number of aliphatic hydroxyl groups excluding tert-OH is 1. The quantitative estimate of drug-likeness (QED) is 0.215. The molecule has 1 saturated heterocycles. The second-order valence-corrected chi connectivity index (χ2v) is 8.77. The fourth-order valence-corrected chi connectivity index (χ4v) is 4.81. The van der Waals surface area contributed by atoms with E-state index in [0.717, 1.165) is 10.8 Å². The van der Waals surface area contributed by atoms with Crippen LogP contribution in [0.25, 0.3) is 16.5 Å². The van der Waals surface area contributed by atoms with Crippen LogP contribution in [0.4, 0.5) is 0 Å². The second kappa shape index (κ2) is 10.3. The van der Waals surface area contributed by atoms with Gasteiger partial charge in [-0.05, 0) is 46.7 Å². The van der Waals surface area contributed by atoms with Gasteiger partial charge in [-0.1, -0.05) is 42.5 Å². The number of pyridine rings is 1. The van der Waals surface area contributed by atoms with Crippen LogP contribution in [0, 0.1) is 0 Å². The normalized spacial score (nSPS) is 16.6. The number of fused-ring (bicyclic) bond motifs is 1. The van der Waals surface area contributed by atoms with E-state index in [2.05, 4.69) is 4.98 Å². The minimum Gasteiger partial charge on any atom is -0.507 e. The zero-order valence-electron chi connectivity index (χ0n) is 21.2. The minimum absolute atomic E-state index is 0.0320. The lowest BCUT2D eigenvalue weighted by Crippen LogP contribution is -2.29. The third kappa shape index (κ3) is 4.30. The first-order valence-corrected chi connectivity index (χ1v) is 11.9. The van der Waals surface area contributed by atoms with Crippen LogP contribution >= 0.6 is 0 Å². The third-order valence-corrected chi connectivity index (χ3v) is 6.62. The molecule has 8 heteroatoms. The molecule has 0 bridgehead atoms. The summed E-state index contributed by atoms with van der Waals surface area (Å²) in [4.78, 5) is 32.6. The summed E-state index contributed by atoms with van der Waals surface area (Å²) < 4.78 is 16.5. The molecule has 1 unspecified atom stereocenters. The third-order valence-electron chi connectivity index (χ3n) is 6.62. The van der Waals surface area contributed by atoms with Crippen LogP contribution < -0.4 is 14.2 Å². The number of ether oxygens (including phenoxy) is 3. The highest BCUT2D eigenvalue weighted by molar-refractivity contribution is 6.46. The first-order valence-electron chi connectivity index (χ1n) is 11.9. The summed E-state index contributed by atoms with van der Waals surface area (Å²) in [6.45, 7) is 0.0568. The number of likely N-dealkylation sites (tertiary alicyclic amines) is 1. The van der Waals surface area contributed by atoms with Crippen molar-refractivity contribution in [1.82, 2.24) is 9.88 Å². The number of nitrogens with zero attached hydrogens (tertiary/aromatic N) is 2. The van der Waals surface area contributed by atoms with Gasteiger partial charge in [0.2, 0.25) is 5.75 Å². The topological polar surface area (TPSA) is 98.2 Å². The lowest BCUT2D eigenvalue weighted by Gasteiger charge is -2.26. The molecule has 2 heterocycles. The van der Waals surface area contributed by atoms with Crippen molar-refractivity contribution in [2.45, 2.75) is 12.6 Å². The van der Waals surface area contributed by atoms with Gasteiger partial charge < -0.3 is 24.2 Å². The first-order chi connectivity index (χ1) is 18.5. The Balaban J connectivity index is 1.72. The lowest BCUT2D eigenvalue weighted by atomic mass is 9.94. The summed E-state index contributed by atoms with van der Waals surface area (Å²) in [5, 5.41) is 13.4. The maximum Gasteiger partial charge on any atom is 0.296 e. The van der Waals surface area contributed by atoms with E-state index in [1.165, 1.54) is 26.2 Å². The van der Waals surface area contributed by atoms with Crippen molar-refractivity contribution in [3.8, 4) is 17.2 Å². The van der Waals surface area contributed by atoms with E-state index in [1.807, 2.05) is 36.4 Å². The number of ketones is 1. The van der Waals surface area contributed by atoms with Crippen LogP contribution in [-0.2, 0) is 16.1 Å². The maximum atomic E-state index is 13.5. The molecule has 8 nitrogen and oxygen atoms in total. The summed E-state index contributed by atoms with van der Waals surface area (Å²) in [5.41, 5.74) is 1.50. The SMILES string of the molecule is COc1cc(C2/C(=C(\O)c3ccc4ccccc4c3)C(=O)C(=O)N2Cc2ccccn2)cc(OC)c1OC. The molecule has 1 aliphatic rings. The van der Waals surface area contributed by atoms with Gasteiger partial charge in [0.1, 0.15) is 5.76 Å². The van der Waals surface area contributed by atoms with E-state index in [4.69, 9.17) is 14.2 Å². The predicted octanol–water partition coefficient (Wildman–Crippen LogP) is 4.88. The van der Waals surface area contributed by atoms with Crippen LogP contribution in [-0.4, -0.2) is 48.0 Å². The Bertz CT molecular complexity index is 1540. The Labute approximate surface area is 219 Å². The van der Waals surface area contributed by atoms with Crippen LogP contribution in [0.2, 0.25) is 0 Å². The van der Waals surface area contributed by atoms with Gasteiger partial charge in [0.25, 0.3) is 11.7 Å².